The average Bonchev–Trinajstić information content (AvgIpc) is 3.12. The normalized spacial score (nSPS) is 24.4. The van der Waals surface area contributed by atoms with E-state index in [2.05, 4.69) is 15.0 Å². The van der Waals surface area contributed by atoms with E-state index in [0.717, 1.165) is 0 Å². The van der Waals surface area contributed by atoms with Gasteiger partial charge >= 0.3 is 0 Å². The average molecular weight is 323 g/mol. The predicted octanol–water partition coefficient (Wildman–Crippen LogP) is -0.393. The SMILES string of the molecule is CCN(CC)c1nc2c(ncn2[C@H]2CC(O)[C@@H](CO)O2)c(=O)[nH]1. The monoisotopic (exact) mass is 323 g/mol. The highest BCUT2D eigenvalue weighted by Crippen LogP contribution is 2.30. The van der Waals surface area contributed by atoms with Crippen molar-refractivity contribution < 1.29 is 14.9 Å². The lowest BCUT2D eigenvalue weighted by molar-refractivity contribution is -0.0432. The highest BCUT2D eigenvalue weighted by molar-refractivity contribution is 5.71. The number of H-pyrrole nitrogens is 1. The van der Waals surface area contributed by atoms with Gasteiger partial charge in [-0.2, -0.15) is 4.98 Å². The van der Waals surface area contributed by atoms with Gasteiger partial charge in [0.25, 0.3) is 5.56 Å². The van der Waals surface area contributed by atoms with Gasteiger partial charge in [0.05, 0.1) is 19.0 Å². The number of ether oxygens (including phenoxy) is 1. The maximum Gasteiger partial charge on any atom is 0.280 e. The largest absolute Gasteiger partial charge is 0.394 e. The summed E-state index contributed by atoms with van der Waals surface area (Å²) < 4.78 is 7.26. The number of aliphatic hydroxyl groups excluding tert-OH is 2. The van der Waals surface area contributed by atoms with Gasteiger partial charge in [-0.15, -0.1) is 0 Å². The van der Waals surface area contributed by atoms with Crippen molar-refractivity contribution in [2.24, 2.45) is 0 Å². The molecule has 3 heterocycles. The number of rotatable bonds is 5. The van der Waals surface area contributed by atoms with Gasteiger partial charge in [0.15, 0.2) is 11.2 Å². The van der Waals surface area contributed by atoms with E-state index in [1.165, 1.54) is 6.33 Å². The van der Waals surface area contributed by atoms with Crippen LogP contribution in [0.15, 0.2) is 11.1 Å². The third-order valence-corrected chi connectivity index (χ3v) is 4.18. The summed E-state index contributed by atoms with van der Waals surface area (Å²) in [6.45, 7) is 5.12. The van der Waals surface area contributed by atoms with Crippen LogP contribution in [0.4, 0.5) is 5.95 Å². The van der Waals surface area contributed by atoms with Gasteiger partial charge in [-0.05, 0) is 13.8 Å². The minimum absolute atomic E-state index is 0.228. The van der Waals surface area contributed by atoms with E-state index in [0.29, 0.717) is 31.1 Å². The summed E-state index contributed by atoms with van der Waals surface area (Å²) in [5.41, 5.74) is 0.325. The van der Waals surface area contributed by atoms with Crippen LogP contribution < -0.4 is 10.5 Å². The van der Waals surface area contributed by atoms with Crippen molar-refractivity contribution in [2.45, 2.75) is 38.7 Å². The molecule has 1 saturated heterocycles. The molecule has 1 unspecified atom stereocenters. The Morgan fingerprint density at radius 1 is 1.48 bits per heavy atom. The minimum atomic E-state index is -0.758. The Kier molecular flexibility index (Phi) is 4.33. The van der Waals surface area contributed by atoms with Crippen LogP contribution in [0.2, 0.25) is 0 Å². The molecule has 1 fully saturated rings. The smallest absolute Gasteiger partial charge is 0.280 e. The van der Waals surface area contributed by atoms with Crippen molar-refractivity contribution in [2.75, 3.05) is 24.6 Å². The van der Waals surface area contributed by atoms with Crippen LogP contribution in [0.3, 0.4) is 0 Å². The van der Waals surface area contributed by atoms with Crippen LogP contribution in [0.1, 0.15) is 26.5 Å². The molecule has 126 valence electrons. The minimum Gasteiger partial charge on any atom is -0.394 e. The predicted molar refractivity (Wildman–Crippen MR) is 83.3 cm³/mol. The molecule has 0 saturated carbocycles. The number of hydrogen-bond donors (Lipinski definition) is 3. The van der Waals surface area contributed by atoms with E-state index in [1.54, 1.807) is 4.57 Å². The van der Waals surface area contributed by atoms with Crippen LogP contribution in [-0.4, -0.2) is 61.6 Å². The number of fused-ring (bicyclic) bond motifs is 1. The second-order valence-corrected chi connectivity index (χ2v) is 5.50. The number of aromatic amines is 1. The van der Waals surface area contributed by atoms with Gasteiger partial charge < -0.3 is 19.8 Å². The number of imidazole rings is 1. The van der Waals surface area contributed by atoms with E-state index in [4.69, 9.17) is 4.74 Å². The molecule has 23 heavy (non-hydrogen) atoms. The number of aromatic nitrogens is 4. The Bertz CT molecular complexity index is 738. The zero-order valence-electron chi connectivity index (χ0n) is 13.1. The molecule has 3 N–H and O–H groups in total. The third kappa shape index (κ3) is 2.71. The molecule has 0 aliphatic carbocycles. The summed E-state index contributed by atoms with van der Waals surface area (Å²) in [5, 5.41) is 19.1. The van der Waals surface area contributed by atoms with Crippen molar-refractivity contribution in [1.82, 2.24) is 19.5 Å². The highest BCUT2D eigenvalue weighted by Gasteiger charge is 2.35. The van der Waals surface area contributed by atoms with E-state index in [9.17, 15) is 15.0 Å². The first-order valence-electron chi connectivity index (χ1n) is 7.75. The molecule has 3 rings (SSSR count). The van der Waals surface area contributed by atoms with Crippen LogP contribution in [0.25, 0.3) is 11.2 Å². The Balaban J connectivity index is 2.04. The summed E-state index contributed by atoms with van der Waals surface area (Å²) in [6, 6.07) is 0. The summed E-state index contributed by atoms with van der Waals surface area (Å²) in [5.74, 6) is 0.478. The van der Waals surface area contributed by atoms with E-state index >= 15 is 0 Å². The molecule has 0 aromatic carbocycles. The summed E-state index contributed by atoms with van der Waals surface area (Å²) in [4.78, 5) is 25.5. The van der Waals surface area contributed by atoms with E-state index in [1.807, 2.05) is 18.7 Å². The molecule has 2 aromatic heterocycles. The molecule has 9 heteroatoms. The standard InChI is InChI=1S/C14H21N5O4/c1-3-18(4-2)14-16-12-11(13(22)17-14)15-7-19(12)10-5-8(21)9(6-20)23-10/h7-10,20-21H,3-6H2,1-2H3,(H,16,17,22)/t8?,9-,10-/m1/s1. The van der Waals surface area contributed by atoms with Gasteiger partial charge in [0.2, 0.25) is 5.95 Å². The first kappa shape index (κ1) is 15.9. The van der Waals surface area contributed by atoms with E-state index < -0.39 is 18.4 Å². The van der Waals surface area contributed by atoms with Gasteiger partial charge in [0.1, 0.15) is 12.3 Å². The third-order valence-electron chi connectivity index (χ3n) is 4.18. The zero-order valence-corrected chi connectivity index (χ0v) is 13.1. The molecule has 0 radical (unpaired) electrons. The molecular weight excluding hydrogens is 302 g/mol. The van der Waals surface area contributed by atoms with Gasteiger partial charge in [-0.1, -0.05) is 0 Å². The molecule has 0 bridgehead atoms. The number of nitrogens with zero attached hydrogens (tertiary/aromatic N) is 4. The lowest BCUT2D eigenvalue weighted by Gasteiger charge is -2.19. The van der Waals surface area contributed by atoms with Crippen LogP contribution in [-0.2, 0) is 4.74 Å². The number of hydrogen-bond acceptors (Lipinski definition) is 7. The van der Waals surface area contributed by atoms with Crippen molar-refractivity contribution in [1.29, 1.82) is 0 Å². The van der Waals surface area contributed by atoms with Crippen LogP contribution in [0.5, 0.6) is 0 Å². The van der Waals surface area contributed by atoms with Gasteiger partial charge in [-0.25, -0.2) is 4.98 Å². The number of nitrogens with one attached hydrogen (secondary N) is 1. The van der Waals surface area contributed by atoms with Crippen molar-refractivity contribution in [3.05, 3.63) is 16.7 Å². The number of anilines is 1. The van der Waals surface area contributed by atoms with Crippen molar-refractivity contribution in [3.8, 4) is 0 Å². The first-order valence-corrected chi connectivity index (χ1v) is 7.75. The Hall–Kier alpha value is -1.97. The van der Waals surface area contributed by atoms with Crippen LogP contribution >= 0.6 is 0 Å². The Morgan fingerprint density at radius 3 is 2.83 bits per heavy atom. The molecule has 0 spiro atoms. The van der Waals surface area contributed by atoms with Crippen molar-refractivity contribution in [3.63, 3.8) is 0 Å². The Morgan fingerprint density at radius 2 is 2.22 bits per heavy atom. The number of aliphatic hydroxyl groups is 2. The van der Waals surface area contributed by atoms with Gasteiger partial charge in [0, 0.05) is 19.5 Å². The first-order chi connectivity index (χ1) is 11.1. The zero-order chi connectivity index (χ0) is 16.6. The fraction of sp³-hybridized carbons (Fsp3) is 0.643. The van der Waals surface area contributed by atoms with E-state index in [-0.39, 0.29) is 17.7 Å². The molecule has 1 aliphatic rings. The maximum absolute atomic E-state index is 12.2. The second kappa shape index (κ2) is 6.26. The van der Waals surface area contributed by atoms with Gasteiger partial charge in [-0.3, -0.25) is 14.3 Å². The summed E-state index contributed by atoms with van der Waals surface area (Å²) >= 11 is 0. The topological polar surface area (TPSA) is 116 Å². The fourth-order valence-electron chi connectivity index (χ4n) is 2.85. The van der Waals surface area contributed by atoms with Crippen LogP contribution in [0, 0.1) is 0 Å². The lowest BCUT2D eigenvalue weighted by Crippen LogP contribution is -2.27. The maximum atomic E-state index is 12.2. The quantitative estimate of drug-likeness (QED) is 0.686. The Labute approximate surface area is 132 Å². The summed E-state index contributed by atoms with van der Waals surface area (Å²) in [6.07, 6.45) is -0.110. The molecule has 0 amide bonds. The molecule has 9 nitrogen and oxygen atoms in total. The highest BCUT2D eigenvalue weighted by atomic mass is 16.5. The molecule has 3 atom stereocenters. The molecule has 1 aliphatic heterocycles. The molecular formula is C14H21N5O4. The molecule has 2 aromatic rings. The second-order valence-electron chi connectivity index (χ2n) is 5.50. The summed E-state index contributed by atoms with van der Waals surface area (Å²) in [7, 11) is 0. The lowest BCUT2D eigenvalue weighted by atomic mass is 10.2. The van der Waals surface area contributed by atoms with Crippen molar-refractivity contribution >= 4 is 17.1 Å². The fourth-order valence-corrected chi connectivity index (χ4v) is 2.85.